The summed E-state index contributed by atoms with van der Waals surface area (Å²) in [7, 11) is 8.00. The highest BCUT2D eigenvalue weighted by molar-refractivity contribution is 5.98. The molecule has 0 amide bonds. The Bertz CT molecular complexity index is 5130. The molecule has 0 unspecified atom stereocenters. The third-order valence-electron chi connectivity index (χ3n) is 20.4. The molecule has 0 radical (unpaired) electrons. The molecule has 8 heteroatoms. The van der Waals surface area contributed by atoms with Crippen LogP contribution in [0.15, 0.2) is 497 Å². The third kappa shape index (κ3) is 53.3. The molecule has 1 aliphatic rings. The largest absolute Gasteiger partial charge is 0.400 e. The van der Waals surface area contributed by atoms with Gasteiger partial charge in [0.25, 0.3) is 0 Å². The molecule has 22 rings (SSSR count). The molecule has 1 aliphatic carbocycles. The van der Waals surface area contributed by atoms with Gasteiger partial charge in [0, 0.05) is 67.7 Å². The minimum absolute atomic E-state index is 0.0999. The molecule has 8 N–H and O–H groups in total. The maximum absolute atomic E-state index is 7.00. The Hall–Kier alpha value is -14.1. The van der Waals surface area contributed by atoms with Crippen molar-refractivity contribution in [3.05, 3.63) is 520 Å². The van der Waals surface area contributed by atoms with Crippen molar-refractivity contribution in [1.29, 1.82) is 0 Å². The molecule has 0 fully saturated rings. The molecule has 0 bridgehead atoms. The summed E-state index contributed by atoms with van der Waals surface area (Å²) in [5, 5.41) is 82.2. The number of fused-ring (bicyclic) bond motifs is 12. The van der Waals surface area contributed by atoms with E-state index >= 15 is 0 Å². The van der Waals surface area contributed by atoms with Gasteiger partial charge in [0.1, 0.15) is 0 Å². The second-order valence-electron chi connectivity index (χ2n) is 35.0. The Morgan fingerprint density at radius 1 is 0.128 bits per heavy atom. The van der Waals surface area contributed by atoms with Gasteiger partial charge in [-0.25, -0.2) is 0 Å². The lowest BCUT2D eigenvalue weighted by atomic mass is 9.60. The zero-order valence-corrected chi connectivity index (χ0v) is 93.9. The van der Waals surface area contributed by atoms with Crippen molar-refractivity contribution in [2.75, 3.05) is 56.9 Å². The SMILES string of the molecule is CC(C)C.CC(C)C.CC1(C)c2ccccc2C(C)(C)c2ccccc21.CCC.CCC.CCC.CCC.CO.CO.CO.CO.CO.CO.CO.CO.c1ccc2cc3ccccc3cc2c1.c1ccc2ccccc2c1.c1ccc2ccccc2c1.c1ccc2ccccc2c1.c1ccc2ccccc2c1.c1ccc2ccccc2c1.c1ccc2ccccc2c1.c1ccc2ccccc2c1.c1ccc2ccccc2c1. The van der Waals surface area contributed by atoms with Gasteiger partial charge in [0.2, 0.25) is 0 Å². The molecule has 21 aromatic rings. The predicted octanol–water partition coefficient (Wildman–Crippen LogP) is 37.2. The first-order valence-electron chi connectivity index (χ1n) is 51.4. The average molecular weight is 1990 g/mol. The van der Waals surface area contributed by atoms with Crippen molar-refractivity contribution in [1.82, 2.24) is 0 Å². The zero-order chi connectivity index (χ0) is 111. The van der Waals surface area contributed by atoms with Crippen molar-refractivity contribution in [2.45, 2.75) is 161 Å². The normalized spacial score (nSPS) is 10.0. The van der Waals surface area contributed by atoms with E-state index < -0.39 is 0 Å². The van der Waals surface area contributed by atoms with E-state index in [0.29, 0.717) is 0 Å². The molecule has 148 heavy (non-hydrogen) atoms. The van der Waals surface area contributed by atoms with Crippen LogP contribution in [0.2, 0.25) is 0 Å². The summed E-state index contributed by atoms with van der Waals surface area (Å²) in [5.74, 6) is 1.67. The van der Waals surface area contributed by atoms with Gasteiger partial charge in [-0.15, -0.1) is 0 Å². The molecule has 0 aliphatic heterocycles. The van der Waals surface area contributed by atoms with Crippen LogP contribution < -0.4 is 0 Å². The Morgan fingerprint density at radius 2 is 0.182 bits per heavy atom. The fourth-order valence-electron chi connectivity index (χ4n) is 14.4. The Morgan fingerprint density at radius 3 is 0.250 bits per heavy atom. The van der Waals surface area contributed by atoms with E-state index in [1.807, 2.05) is 0 Å². The van der Waals surface area contributed by atoms with Crippen LogP contribution in [0.4, 0.5) is 0 Å². The monoisotopic (exact) mass is 1990 g/mol. The maximum Gasteiger partial charge on any atom is 0.0319 e. The van der Waals surface area contributed by atoms with Crippen LogP contribution in [0.1, 0.15) is 173 Å². The Labute approximate surface area is 892 Å². The molecule has 21 aromatic carbocycles. The van der Waals surface area contributed by atoms with Crippen molar-refractivity contribution in [3.8, 4) is 0 Å². The Kier molecular flexibility index (Phi) is 81.0. The first kappa shape index (κ1) is 136. The van der Waals surface area contributed by atoms with Gasteiger partial charge >= 0.3 is 0 Å². The smallest absolute Gasteiger partial charge is 0.0319 e. The topological polar surface area (TPSA) is 162 Å². The molecule has 0 saturated heterocycles. The minimum atomic E-state index is 0.0999. The van der Waals surface area contributed by atoms with Gasteiger partial charge in [-0.3, -0.25) is 0 Å². The van der Waals surface area contributed by atoms with Gasteiger partial charge in [0.05, 0.1) is 0 Å². The second-order valence-corrected chi connectivity index (χ2v) is 35.0. The average Bonchev–Trinajstić information content (AvgIpc) is 0.718. The molecule has 8 nitrogen and oxygen atoms in total. The van der Waals surface area contributed by atoms with Gasteiger partial charge in [-0.05, 0) is 154 Å². The second kappa shape index (κ2) is 88.2. The van der Waals surface area contributed by atoms with Crippen LogP contribution in [0.25, 0.3) is 108 Å². The van der Waals surface area contributed by atoms with Gasteiger partial charge in [-0.1, -0.05) is 636 Å². The van der Waals surface area contributed by atoms with Crippen LogP contribution in [0.5, 0.6) is 0 Å². The molecular formula is C140H178O8. The number of benzene rings is 21. The lowest BCUT2D eigenvalue weighted by Gasteiger charge is -2.43. The van der Waals surface area contributed by atoms with E-state index in [2.05, 4.69) is 622 Å². The quantitative estimate of drug-likeness (QED) is 0.0696. The number of aliphatic hydroxyl groups excluding tert-OH is 8. The Balaban J connectivity index is 0. The van der Waals surface area contributed by atoms with Crippen molar-refractivity contribution >= 4 is 108 Å². The van der Waals surface area contributed by atoms with Gasteiger partial charge in [0.15, 0.2) is 0 Å². The lowest BCUT2D eigenvalue weighted by molar-refractivity contribution is 0.399. The van der Waals surface area contributed by atoms with E-state index in [4.69, 9.17) is 40.9 Å². The van der Waals surface area contributed by atoms with Crippen molar-refractivity contribution in [3.63, 3.8) is 0 Å². The molecule has 0 spiro atoms. The van der Waals surface area contributed by atoms with E-state index in [1.54, 1.807) is 0 Å². The van der Waals surface area contributed by atoms with Crippen molar-refractivity contribution in [2.24, 2.45) is 11.8 Å². The summed E-state index contributed by atoms with van der Waals surface area (Å²) in [5.41, 5.74) is 6.07. The van der Waals surface area contributed by atoms with E-state index in [9.17, 15) is 0 Å². The number of hydrogen-bond donors (Lipinski definition) is 8. The molecular weight excluding hydrogens is 1810 g/mol. The summed E-state index contributed by atoms with van der Waals surface area (Å²) in [6.07, 6.45) is 5.00. The highest BCUT2D eigenvalue weighted by Gasteiger charge is 2.41. The molecule has 0 atom stereocenters. The van der Waals surface area contributed by atoms with E-state index in [-0.39, 0.29) is 10.8 Å². The summed E-state index contributed by atoms with van der Waals surface area (Å²) >= 11 is 0. The highest BCUT2D eigenvalue weighted by atomic mass is 16.2. The molecule has 786 valence electrons. The fourth-order valence-corrected chi connectivity index (χ4v) is 14.4. The maximum atomic E-state index is 7.00. The van der Waals surface area contributed by atoms with Crippen molar-refractivity contribution < 1.29 is 40.9 Å². The van der Waals surface area contributed by atoms with Crippen LogP contribution in [-0.2, 0) is 10.8 Å². The first-order chi connectivity index (χ1) is 72.2. The van der Waals surface area contributed by atoms with Crippen LogP contribution in [-0.4, -0.2) is 97.7 Å². The lowest BCUT2D eigenvalue weighted by Crippen LogP contribution is -2.36. The number of hydrogen-bond acceptors (Lipinski definition) is 8. The highest BCUT2D eigenvalue weighted by Crippen LogP contribution is 2.49. The molecule has 0 heterocycles. The predicted molar refractivity (Wildman–Crippen MR) is 660 cm³/mol. The van der Waals surface area contributed by atoms with Crippen LogP contribution in [0.3, 0.4) is 0 Å². The first-order valence-corrected chi connectivity index (χ1v) is 51.4. The van der Waals surface area contributed by atoms with Crippen LogP contribution >= 0.6 is 0 Å². The summed E-state index contributed by atoms with van der Waals surface area (Å²) < 4.78 is 0. The number of aliphatic hydroxyl groups is 8. The molecule has 0 saturated carbocycles. The summed E-state index contributed by atoms with van der Waals surface area (Å²) in [4.78, 5) is 0. The van der Waals surface area contributed by atoms with E-state index in [1.165, 1.54) is 156 Å². The summed E-state index contributed by atoms with van der Waals surface area (Å²) in [6, 6.07) is 173. The number of rotatable bonds is 0. The fraction of sp³-hybridized carbons (Fsp3) is 0.243. The minimum Gasteiger partial charge on any atom is -0.400 e. The van der Waals surface area contributed by atoms with Crippen LogP contribution in [0, 0.1) is 11.8 Å². The van der Waals surface area contributed by atoms with E-state index in [0.717, 1.165) is 68.7 Å². The third-order valence-corrected chi connectivity index (χ3v) is 20.4. The molecule has 0 aromatic heterocycles. The summed E-state index contributed by atoms with van der Waals surface area (Å²) in [6.45, 7) is 39.3. The van der Waals surface area contributed by atoms with Gasteiger partial charge in [-0.2, -0.15) is 0 Å². The standard InChI is InChI=1S/C18H20.C14H10.8C10H8.2C4H10.4C3H8.8CH4O/c1-17(2)13-9-5-7-11-15(13)18(3,4)16-12-8-6-10-14(16)17;1-2-6-12-10-14-8-4-3-7-13(14)9-11(12)5-1;8*1-2-6-10-8-4-3-7-9(10)5-1;2*1-4(2)3;4*1-3-2;8*1-2/h5-12H,1-4H3;1-10H;8*1-8H;2*4H,1-3H3;4*3H2,1-2H3;8*2H,1H3. The zero-order valence-electron chi connectivity index (χ0n) is 93.9. The van der Waals surface area contributed by atoms with Gasteiger partial charge < -0.3 is 40.9 Å².